The van der Waals surface area contributed by atoms with Crippen LogP contribution >= 0.6 is 27.3 Å². The molecule has 0 aromatic carbocycles. The number of aromatic nitrogens is 3. The first-order valence-corrected chi connectivity index (χ1v) is 8.69. The molecule has 6 nitrogen and oxygen atoms in total. The van der Waals surface area contributed by atoms with Gasteiger partial charge < -0.3 is 0 Å². The quantitative estimate of drug-likeness (QED) is 0.759. The lowest BCUT2D eigenvalue weighted by molar-refractivity contribution is 0.581. The van der Waals surface area contributed by atoms with E-state index in [1.165, 1.54) is 0 Å². The average Bonchev–Trinajstić information content (AvgIpc) is 3.03. The van der Waals surface area contributed by atoms with Gasteiger partial charge in [-0.15, -0.1) is 21.5 Å². The molecule has 0 aliphatic carbocycles. The summed E-state index contributed by atoms with van der Waals surface area (Å²) in [7, 11) is -3.53. The zero-order valence-corrected chi connectivity index (χ0v) is 13.2. The summed E-state index contributed by atoms with van der Waals surface area (Å²) < 4.78 is 29.5. The minimum absolute atomic E-state index is 0.0863. The van der Waals surface area contributed by atoms with Crippen molar-refractivity contribution in [3.05, 3.63) is 46.1 Å². The number of hydrogen-bond donors (Lipinski definition) is 1. The number of sulfonamides is 1. The van der Waals surface area contributed by atoms with E-state index in [1.807, 2.05) is 12.1 Å². The molecule has 0 saturated heterocycles. The SMILES string of the molecule is O=S(=O)(NCc1nnc2ccccn12)c1ccc(Br)s1. The molecule has 0 radical (unpaired) electrons. The molecule has 3 rings (SSSR count). The zero-order valence-electron chi connectivity index (χ0n) is 10.0. The van der Waals surface area contributed by atoms with Crippen LogP contribution in [0.1, 0.15) is 5.82 Å². The van der Waals surface area contributed by atoms with Crippen molar-refractivity contribution in [1.29, 1.82) is 0 Å². The molecule has 0 fully saturated rings. The van der Waals surface area contributed by atoms with Crippen molar-refractivity contribution in [3.63, 3.8) is 0 Å². The number of hydrogen-bond acceptors (Lipinski definition) is 5. The third kappa shape index (κ3) is 2.62. The highest BCUT2D eigenvalue weighted by Gasteiger charge is 2.17. The van der Waals surface area contributed by atoms with Gasteiger partial charge in [0.25, 0.3) is 0 Å². The van der Waals surface area contributed by atoms with Gasteiger partial charge in [-0.1, -0.05) is 6.07 Å². The van der Waals surface area contributed by atoms with Crippen LogP contribution in [0.3, 0.4) is 0 Å². The maximum Gasteiger partial charge on any atom is 0.250 e. The van der Waals surface area contributed by atoms with Crippen LogP contribution in [0.25, 0.3) is 5.65 Å². The van der Waals surface area contributed by atoms with Crippen molar-refractivity contribution in [3.8, 4) is 0 Å². The molecular weight excluding hydrogens is 364 g/mol. The van der Waals surface area contributed by atoms with Crippen LogP contribution in [-0.2, 0) is 16.6 Å². The minimum Gasteiger partial charge on any atom is -0.285 e. The van der Waals surface area contributed by atoms with Gasteiger partial charge in [0.05, 0.1) is 10.3 Å². The second kappa shape index (κ2) is 5.24. The Bertz CT molecular complexity index is 856. The molecule has 0 bridgehead atoms. The van der Waals surface area contributed by atoms with Crippen molar-refractivity contribution in [2.75, 3.05) is 0 Å². The van der Waals surface area contributed by atoms with Crippen molar-refractivity contribution < 1.29 is 8.42 Å². The van der Waals surface area contributed by atoms with Gasteiger partial charge in [0.1, 0.15) is 4.21 Å². The number of halogens is 1. The molecule has 0 spiro atoms. The van der Waals surface area contributed by atoms with Gasteiger partial charge in [-0.05, 0) is 40.2 Å². The molecule has 3 heterocycles. The highest BCUT2D eigenvalue weighted by Crippen LogP contribution is 2.25. The maximum atomic E-state index is 12.1. The fraction of sp³-hybridized carbons (Fsp3) is 0.0909. The number of nitrogens with zero attached hydrogens (tertiary/aromatic N) is 3. The molecule has 0 unspecified atom stereocenters. The Morgan fingerprint density at radius 2 is 2.10 bits per heavy atom. The summed E-state index contributed by atoms with van der Waals surface area (Å²) in [5, 5.41) is 7.95. The Balaban J connectivity index is 1.83. The molecule has 0 amide bonds. The van der Waals surface area contributed by atoms with Crippen LogP contribution in [0.5, 0.6) is 0 Å². The third-order valence-corrected chi connectivity index (χ3v) is 6.13. The summed E-state index contributed by atoms with van der Waals surface area (Å²) >= 11 is 4.41. The number of fused-ring (bicyclic) bond motifs is 1. The van der Waals surface area contributed by atoms with Crippen molar-refractivity contribution in [2.24, 2.45) is 0 Å². The second-order valence-corrected chi connectivity index (χ2v) is 8.38. The van der Waals surface area contributed by atoms with E-state index < -0.39 is 10.0 Å². The fourth-order valence-corrected chi connectivity index (χ4v) is 4.72. The first-order chi connectivity index (χ1) is 9.56. The van der Waals surface area contributed by atoms with Crippen LogP contribution in [-0.4, -0.2) is 23.0 Å². The average molecular weight is 373 g/mol. The van der Waals surface area contributed by atoms with Crippen LogP contribution in [0.2, 0.25) is 0 Å². The van der Waals surface area contributed by atoms with E-state index in [2.05, 4.69) is 30.8 Å². The summed E-state index contributed by atoms with van der Waals surface area (Å²) in [6.07, 6.45) is 1.79. The van der Waals surface area contributed by atoms with Gasteiger partial charge >= 0.3 is 0 Å². The van der Waals surface area contributed by atoms with E-state index in [-0.39, 0.29) is 10.8 Å². The minimum atomic E-state index is -3.53. The Hall–Kier alpha value is -1.29. The van der Waals surface area contributed by atoms with E-state index in [4.69, 9.17) is 0 Å². The molecule has 3 aromatic rings. The van der Waals surface area contributed by atoms with Crippen LogP contribution in [0, 0.1) is 0 Å². The predicted molar refractivity (Wildman–Crippen MR) is 79.0 cm³/mol. The molecule has 0 atom stereocenters. The summed E-state index contributed by atoms with van der Waals surface area (Å²) in [5.41, 5.74) is 0.681. The fourth-order valence-electron chi connectivity index (χ4n) is 1.68. The predicted octanol–water partition coefficient (Wildman–Crippen LogP) is 2.03. The van der Waals surface area contributed by atoms with Crippen molar-refractivity contribution in [2.45, 2.75) is 10.8 Å². The number of thiophene rings is 1. The van der Waals surface area contributed by atoms with Crippen LogP contribution < -0.4 is 4.72 Å². The normalized spacial score (nSPS) is 12.1. The van der Waals surface area contributed by atoms with Gasteiger partial charge in [0.2, 0.25) is 10.0 Å². The second-order valence-electron chi connectivity index (χ2n) is 3.93. The number of pyridine rings is 1. The highest BCUT2D eigenvalue weighted by molar-refractivity contribution is 9.11. The number of nitrogens with one attached hydrogen (secondary N) is 1. The van der Waals surface area contributed by atoms with Gasteiger partial charge in [0.15, 0.2) is 11.5 Å². The van der Waals surface area contributed by atoms with E-state index in [9.17, 15) is 8.42 Å². The third-order valence-electron chi connectivity index (χ3n) is 2.62. The van der Waals surface area contributed by atoms with E-state index in [0.29, 0.717) is 11.5 Å². The van der Waals surface area contributed by atoms with Gasteiger partial charge in [-0.25, -0.2) is 13.1 Å². The molecule has 104 valence electrons. The lowest BCUT2D eigenvalue weighted by Gasteiger charge is -2.03. The van der Waals surface area contributed by atoms with Gasteiger partial charge in [-0.2, -0.15) is 0 Å². The molecule has 0 aliphatic heterocycles. The Labute approximate surface area is 127 Å². The largest absolute Gasteiger partial charge is 0.285 e. The Morgan fingerprint density at radius 3 is 2.85 bits per heavy atom. The summed E-state index contributed by atoms with van der Waals surface area (Å²) in [4.78, 5) is 0. The molecule has 0 saturated carbocycles. The van der Waals surface area contributed by atoms with Crippen LogP contribution in [0.4, 0.5) is 0 Å². The number of rotatable bonds is 4. The lowest BCUT2D eigenvalue weighted by Crippen LogP contribution is -2.23. The summed E-state index contributed by atoms with van der Waals surface area (Å²) in [5.74, 6) is 0.541. The van der Waals surface area contributed by atoms with E-state index >= 15 is 0 Å². The van der Waals surface area contributed by atoms with Gasteiger partial charge in [0, 0.05) is 6.20 Å². The summed E-state index contributed by atoms with van der Waals surface area (Å²) in [6, 6.07) is 8.75. The first kappa shape index (κ1) is 13.7. The van der Waals surface area contributed by atoms with E-state index in [0.717, 1.165) is 15.1 Å². The molecule has 3 aromatic heterocycles. The highest BCUT2D eigenvalue weighted by atomic mass is 79.9. The van der Waals surface area contributed by atoms with Crippen molar-refractivity contribution in [1.82, 2.24) is 19.3 Å². The molecular formula is C11H9BrN4O2S2. The molecule has 0 aliphatic rings. The standard InChI is InChI=1S/C11H9BrN4O2S2/c12-8-4-5-11(19-8)20(17,18)13-7-10-15-14-9-3-1-2-6-16(9)10/h1-6,13H,7H2. The molecule has 20 heavy (non-hydrogen) atoms. The first-order valence-electron chi connectivity index (χ1n) is 5.60. The molecule has 1 N–H and O–H groups in total. The summed E-state index contributed by atoms with van der Waals surface area (Å²) in [6.45, 7) is 0.0863. The van der Waals surface area contributed by atoms with Crippen molar-refractivity contribution >= 4 is 42.9 Å². The monoisotopic (exact) mass is 372 g/mol. The molecule has 9 heteroatoms. The zero-order chi connectivity index (χ0) is 14.2. The van der Waals surface area contributed by atoms with Crippen LogP contribution in [0.15, 0.2) is 44.5 Å². The smallest absolute Gasteiger partial charge is 0.250 e. The maximum absolute atomic E-state index is 12.1. The van der Waals surface area contributed by atoms with E-state index in [1.54, 1.807) is 28.8 Å². The Kier molecular flexibility index (Phi) is 3.59. The Morgan fingerprint density at radius 1 is 1.25 bits per heavy atom. The van der Waals surface area contributed by atoms with Gasteiger partial charge in [-0.3, -0.25) is 4.40 Å². The topological polar surface area (TPSA) is 76.4 Å². The lowest BCUT2D eigenvalue weighted by atomic mass is 10.5.